The number of hydrogen-bond acceptors (Lipinski definition) is 5. The summed E-state index contributed by atoms with van der Waals surface area (Å²) in [4.78, 5) is 15.9. The summed E-state index contributed by atoms with van der Waals surface area (Å²) < 4.78 is 0. The van der Waals surface area contributed by atoms with E-state index in [0.717, 1.165) is 12.2 Å². The van der Waals surface area contributed by atoms with Crippen molar-refractivity contribution in [2.75, 3.05) is 23.5 Å². The number of amides is 1. The van der Waals surface area contributed by atoms with Crippen molar-refractivity contribution in [1.29, 1.82) is 0 Å². The van der Waals surface area contributed by atoms with Crippen molar-refractivity contribution < 1.29 is 4.79 Å². The molecule has 7 heteroatoms. The third kappa shape index (κ3) is 3.51. The van der Waals surface area contributed by atoms with Crippen LogP contribution in [0.15, 0.2) is 12.1 Å². The topological polar surface area (TPSA) is 80.0 Å². The second-order valence-electron chi connectivity index (χ2n) is 4.15. The van der Waals surface area contributed by atoms with E-state index in [1.165, 1.54) is 11.8 Å². The van der Waals surface area contributed by atoms with E-state index in [1.807, 2.05) is 11.8 Å². The number of nitrogens with two attached hydrogens (primary N) is 1. The Labute approximate surface area is 115 Å². The Morgan fingerprint density at radius 2 is 2.44 bits per heavy atom. The van der Waals surface area contributed by atoms with Crippen molar-refractivity contribution in [3.63, 3.8) is 0 Å². The van der Waals surface area contributed by atoms with Crippen LogP contribution >= 0.6 is 23.4 Å². The van der Waals surface area contributed by atoms with E-state index in [4.69, 9.17) is 17.4 Å². The van der Waals surface area contributed by atoms with Crippen molar-refractivity contribution in [3.05, 3.63) is 22.8 Å². The van der Waals surface area contributed by atoms with Crippen LogP contribution in [-0.2, 0) is 0 Å². The molecule has 0 saturated carbocycles. The largest absolute Gasteiger partial charge is 0.352 e. The van der Waals surface area contributed by atoms with Crippen LogP contribution < -0.4 is 16.6 Å². The number of rotatable bonds is 4. The molecule has 0 radical (unpaired) electrons. The third-order valence-electron chi connectivity index (χ3n) is 2.78. The van der Waals surface area contributed by atoms with Crippen LogP contribution in [-0.4, -0.2) is 28.9 Å². The number of halogens is 1. The first kappa shape index (κ1) is 13.5. The molecule has 1 atom stereocenters. The molecule has 1 saturated heterocycles. The number of thioether (sulfide) groups is 1. The van der Waals surface area contributed by atoms with Gasteiger partial charge in [0.15, 0.2) is 0 Å². The first-order valence-corrected chi connectivity index (χ1v) is 7.22. The van der Waals surface area contributed by atoms with Gasteiger partial charge in [-0.05, 0) is 36.0 Å². The van der Waals surface area contributed by atoms with Crippen LogP contribution in [0.5, 0.6) is 0 Å². The average molecular weight is 287 g/mol. The van der Waals surface area contributed by atoms with Gasteiger partial charge in [-0.25, -0.2) is 10.8 Å². The lowest BCUT2D eigenvalue weighted by Gasteiger charge is -2.10. The van der Waals surface area contributed by atoms with E-state index in [-0.39, 0.29) is 11.1 Å². The van der Waals surface area contributed by atoms with Crippen LogP contribution in [0.2, 0.25) is 5.15 Å². The number of hydrogen-bond donors (Lipinski definition) is 3. The van der Waals surface area contributed by atoms with E-state index in [2.05, 4.69) is 15.7 Å². The van der Waals surface area contributed by atoms with Crippen molar-refractivity contribution in [2.45, 2.75) is 6.42 Å². The SMILES string of the molecule is NNc1cc(C(=O)NCC2CCSC2)cc(Cl)n1. The highest BCUT2D eigenvalue weighted by atomic mass is 35.5. The van der Waals surface area contributed by atoms with Crippen LogP contribution in [0.25, 0.3) is 0 Å². The number of anilines is 1. The van der Waals surface area contributed by atoms with Gasteiger partial charge in [0.2, 0.25) is 0 Å². The molecule has 0 aliphatic carbocycles. The number of nitrogens with zero attached hydrogens (tertiary/aromatic N) is 1. The zero-order valence-corrected chi connectivity index (χ0v) is 11.4. The molecule has 1 unspecified atom stereocenters. The predicted molar refractivity (Wildman–Crippen MR) is 74.8 cm³/mol. The summed E-state index contributed by atoms with van der Waals surface area (Å²) in [5, 5.41) is 3.15. The number of hydrazine groups is 1. The van der Waals surface area contributed by atoms with Crippen LogP contribution in [0, 0.1) is 5.92 Å². The summed E-state index contributed by atoms with van der Waals surface area (Å²) >= 11 is 7.74. The standard InChI is InChI=1S/C11H15ClN4OS/c12-9-3-8(4-10(15-9)16-13)11(17)14-5-7-1-2-18-6-7/h3-4,7H,1-2,5-6,13H2,(H,14,17)(H,15,16). The summed E-state index contributed by atoms with van der Waals surface area (Å²) in [6.07, 6.45) is 1.16. The number of nitrogens with one attached hydrogen (secondary N) is 2. The third-order valence-corrected chi connectivity index (χ3v) is 4.20. The summed E-state index contributed by atoms with van der Waals surface area (Å²) in [6, 6.07) is 3.10. The van der Waals surface area contributed by atoms with Crippen molar-refractivity contribution in [1.82, 2.24) is 10.3 Å². The molecule has 1 fully saturated rings. The smallest absolute Gasteiger partial charge is 0.251 e. The number of carbonyl (C=O) groups is 1. The van der Waals surface area contributed by atoms with Gasteiger partial charge in [0, 0.05) is 12.1 Å². The highest BCUT2D eigenvalue weighted by Gasteiger charge is 2.17. The second-order valence-corrected chi connectivity index (χ2v) is 5.68. The summed E-state index contributed by atoms with van der Waals surface area (Å²) in [5.41, 5.74) is 2.85. The molecule has 2 rings (SSSR count). The Morgan fingerprint density at radius 1 is 1.61 bits per heavy atom. The zero-order valence-electron chi connectivity index (χ0n) is 9.78. The van der Waals surface area contributed by atoms with Gasteiger partial charge in [-0.3, -0.25) is 4.79 Å². The molecule has 18 heavy (non-hydrogen) atoms. The number of nitrogen functional groups attached to an aromatic ring is 1. The zero-order chi connectivity index (χ0) is 13.0. The molecule has 0 aromatic carbocycles. The Bertz CT molecular complexity index is 437. The van der Waals surface area contributed by atoms with E-state index in [0.29, 0.717) is 23.8 Å². The Morgan fingerprint density at radius 3 is 3.11 bits per heavy atom. The van der Waals surface area contributed by atoms with Gasteiger partial charge in [0.05, 0.1) is 0 Å². The molecule has 4 N–H and O–H groups in total. The lowest BCUT2D eigenvalue weighted by molar-refractivity contribution is 0.0948. The Hall–Kier alpha value is -0.980. The van der Waals surface area contributed by atoms with Gasteiger partial charge in [0.25, 0.3) is 5.91 Å². The normalized spacial score (nSPS) is 18.7. The Kier molecular flexibility index (Phi) is 4.68. The van der Waals surface area contributed by atoms with E-state index in [1.54, 1.807) is 6.07 Å². The van der Waals surface area contributed by atoms with Gasteiger partial charge in [-0.2, -0.15) is 11.8 Å². The van der Waals surface area contributed by atoms with Gasteiger partial charge in [-0.15, -0.1) is 0 Å². The summed E-state index contributed by atoms with van der Waals surface area (Å²) in [6.45, 7) is 0.706. The van der Waals surface area contributed by atoms with Gasteiger partial charge >= 0.3 is 0 Å². The molecule has 1 aromatic rings. The maximum absolute atomic E-state index is 11.9. The monoisotopic (exact) mass is 286 g/mol. The highest BCUT2D eigenvalue weighted by molar-refractivity contribution is 7.99. The Balaban J connectivity index is 1.97. The van der Waals surface area contributed by atoms with Crippen molar-refractivity contribution >= 4 is 35.1 Å². The van der Waals surface area contributed by atoms with E-state index in [9.17, 15) is 4.79 Å². The minimum Gasteiger partial charge on any atom is -0.352 e. The number of pyridine rings is 1. The van der Waals surface area contributed by atoms with Gasteiger partial charge in [0.1, 0.15) is 11.0 Å². The van der Waals surface area contributed by atoms with Crippen LogP contribution in [0.4, 0.5) is 5.82 Å². The molecule has 1 aliphatic rings. The van der Waals surface area contributed by atoms with Crippen molar-refractivity contribution in [3.8, 4) is 0 Å². The molecular weight excluding hydrogens is 272 g/mol. The molecule has 5 nitrogen and oxygen atoms in total. The minimum absolute atomic E-state index is 0.146. The first-order valence-electron chi connectivity index (χ1n) is 5.69. The molecule has 98 valence electrons. The van der Waals surface area contributed by atoms with Gasteiger partial charge < -0.3 is 10.7 Å². The maximum Gasteiger partial charge on any atom is 0.251 e. The fraction of sp³-hybridized carbons (Fsp3) is 0.455. The highest BCUT2D eigenvalue weighted by Crippen LogP contribution is 2.22. The summed E-state index contributed by atoms with van der Waals surface area (Å²) in [5.74, 6) is 8.36. The van der Waals surface area contributed by atoms with Crippen LogP contribution in [0.1, 0.15) is 16.8 Å². The predicted octanol–water partition coefficient (Wildman–Crippen LogP) is 1.50. The molecule has 1 aromatic heterocycles. The van der Waals surface area contributed by atoms with Crippen LogP contribution in [0.3, 0.4) is 0 Å². The summed E-state index contributed by atoms with van der Waals surface area (Å²) in [7, 11) is 0. The molecule has 1 aliphatic heterocycles. The lowest BCUT2D eigenvalue weighted by Crippen LogP contribution is -2.29. The fourth-order valence-electron chi connectivity index (χ4n) is 1.79. The molecule has 0 spiro atoms. The minimum atomic E-state index is -0.146. The first-order chi connectivity index (χ1) is 8.69. The second kappa shape index (κ2) is 6.26. The maximum atomic E-state index is 11.9. The molecule has 2 heterocycles. The molecule has 0 bridgehead atoms. The fourth-order valence-corrected chi connectivity index (χ4v) is 3.28. The number of carbonyl (C=O) groups excluding carboxylic acids is 1. The number of aromatic nitrogens is 1. The quantitative estimate of drug-likeness (QED) is 0.444. The average Bonchev–Trinajstić information content (AvgIpc) is 2.88. The molecular formula is C11H15ClN4OS. The molecule has 1 amide bonds. The lowest BCUT2D eigenvalue weighted by atomic mass is 10.1. The van der Waals surface area contributed by atoms with Crippen molar-refractivity contribution in [2.24, 2.45) is 11.8 Å². The van der Waals surface area contributed by atoms with E-state index >= 15 is 0 Å². The van der Waals surface area contributed by atoms with E-state index < -0.39 is 0 Å². The van der Waals surface area contributed by atoms with Gasteiger partial charge in [-0.1, -0.05) is 11.6 Å².